The Hall–Kier alpha value is -1.30. The molecule has 0 aliphatic heterocycles. The molecule has 0 spiro atoms. The van der Waals surface area contributed by atoms with Crippen molar-refractivity contribution in [2.75, 3.05) is 13.7 Å². The number of hydrogen-bond donors (Lipinski definition) is 3. The van der Waals surface area contributed by atoms with Crippen LogP contribution in [-0.4, -0.2) is 42.9 Å². The summed E-state index contributed by atoms with van der Waals surface area (Å²) < 4.78 is 4.75. The van der Waals surface area contributed by atoms with Crippen molar-refractivity contribution in [2.45, 2.75) is 51.2 Å². The Labute approximate surface area is 113 Å². The van der Waals surface area contributed by atoms with Gasteiger partial charge in [0.2, 0.25) is 0 Å². The van der Waals surface area contributed by atoms with E-state index in [1.807, 2.05) is 0 Å². The molecule has 1 rings (SSSR count). The minimum absolute atomic E-state index is 0.0266. The summed E-state index contributed by atoms with van der Waals surface area (Å²) >= 11 is 0. The normalized spacial score (nSPS) is 24.5. The third kappa shape index (κ3) is 5.06. The van der Waals surface area contributed by atoms with Crippen molar-refractivity contribution in [3.05, 3.63) is 0 Å². The van der Waals surface area contributed by atoms with E-state index in [0.717, 1.165) is 25.7 Å². The van der Waals surface area contributed by atoms with E-state index < -0.39 is 12.1 Å². The van der Waals surface area contributed by atoms with E-state index in [0.29, 0.717) is 5.92 Å². The minimum atomic E-state index is -1.08. The quantitative estimate of drug-likeness (QED) is 0.681. The number of carbonyl (C=O) groups excluding carboxylic acids is 1. The standard InChI is InChI=1S/C13H24N2O4/c1-3-9-6-4-5-7-10(9)15-13(18)14-8-11(19-2)12(16)17/h9-11H,3-8H2,1-2H3,(H,16,17)(H2,14,15,18). The highest BCUT2D eigenvalue weighted by Gasteiger charge is 2.25. The van der Waals surface area contributed by atoms with E-state index in [1.54, 1.807) is 0 Å². The Kier molecular flexibility index (Phi) is 6.62. The summed E-state index contributed by atoms with van der Waals surface area (Å²) in [5, 5.41) is 14.3. The lowest BCUT2D eigenvalue weighted by atomic mass is 9.83. The van der Waals surface area contributed by atoms with Crippen molar-refractivity contribution in [3.63, 3.8) is 0 Å². The molecule has 0 radical (unpaired) electrons. The molecule has 0 saturated heterocycles. The summed E-state index contributed by atoms with van der Waals surface area (Å²) in [6.45, 7) is 2.11. The smallest absolute Gasteiger partial charge is 0.334 e. The maximum atomic E-state index is 11.7. The van der Waals surface area contributed by atoms with Crippen molar-refractivity contribution in [1.82, 2.24) is 10.6 Å². The average Bonchev–Trinajstić information content (AvgIpc) is 2.39. The SMILES string of the molecule is CCC1CCCCC1NC(=O)NCC(OC)C(=O)O. The van der Waals surface area contributed by atoms with Gasteiger partial charge in [0.1, 0.15) is 0 Å². The number of hydrogen-bond acceptors (Lipinski definition) is 3. The third-order valence-electron chi connectivity index (χ3n) is 3.76. The highest BCUT2D eigenvalue weighted by molar-refractivity contribution is 5.77. The zero-order chi connectivity index (χ0) is 14.3. The fraction of sp³-hybridized carbons (Fsp3) is 0.846. The molecule has 3 atom stereocenters. The lowest BCUT2D eigenvalue weighted by Gasteiger charge is -2.31. The molecule has 0 aromatic carbocycles. The molecule has 0 bridgehead atoms. The van der Waals surface area contributed by atoms with Gasteiger partial charge in [-0.1, -0.05) is 26.2 Å². The van der Waals surface area contributed by atoms with Gasteiger partial charge in [-0.2, -0.15) is 0 Å². The molecule has 2 amide bonds. The molecular weight excluding hydrogens is 248 g/mol. The molecule has 19 heavy (non-hydrogen) atoms. The first-order chi connectivity index (χ1) is 9.08. The molecule has 1 saturated carbocycles. The van der Waals surface area contributed by atoms with E-state index in [2.05, 4.69) is 17.6 Å². The zero-order valence-electron chi connectivity index (χ0n) is 11.6. The van der Waals surface area contributed by atoms with Gasteiger partial charge >= 0.3 is 12.0 Å². The predicted octanol–water partition coefficient (Wildman–Crippen LogP) is 1.35. The fourth-order valence-electron chi connectivity index (χ4n) is 2.56. The Bertz CT molecular complexity index is 309. The van der Waals surface area contributed by atoms with Crippen molar-refractivity contribution < 1.29 is 19.4 Å². The first-order valence-corrected chi connectivity index (χ1v) is 6.88. The number of carbonyl (C=O) groups is 2. The van der Waals surface area contributed by atoms with E-state index in [1.165, 1.54) is 13.5 Å². The molecule has 3 N–H and O–H groups in total. The van der Waals surface area contributed by atoms with Gasteiger partial charge < -0.3 is 20.5 Å². The summed E-state index contributed by atoms with van der Waals surface area (Å²) in [5.41, 5.74) is 0. The first-order valence-electron chi connectivity index (χ1n) is 6.88. The molecule has 1 aliphatic carbocycles. The van der Waals surface area contributed by atoms with Gasteiger partial charge in [0.15, 0.2) is 6.10 Å². The van der Waals surface area contributed by atoms with Crippen molar-refractivity contribution in [2.24, 2.45) is 5.92 Å². The number of carboxylic acid groups (broad SMARTS) is 1. The molecule has 110 valence electrons. The van der Waals surface area contributed by atoms with Gasteiger partial charge in [-0.25, -0.2) is 9.59 Å². The lowest BCUT2D eigenvalue weighted by molar-refractivity contribution is -0.147. The van der Waals surface area contributed by atoms with Crippen molar-refractivity contribution in [3.8, 4) is 0 Å². The van der Waals surface area contributed by atoms with Crippen molar-refractivity contribution in [1.29, 1.82) is 0 Å². The van der Waals surface area contributed by atoms with E-state index >= 15 is 0 Å². The van der Waals surface area contributed by atoms with Crippen LogP contribution in [0.25, 0.3) is 0 Å². The Balaban J connectivity index is 2.35. The molecular formula is C13H24N2O4. The van der Waals surface area contributed by atoms with Crippen LogP contribution in [0.1, 0.15) is 39.0 Å². The maximum Gasteiger partial charge on any atom is 0.334 e. The van der Waals surface area contributed by atoms with E-state index in [4.69, 9.17) is 9.84 Å². The van der Waals surface area contributed by atoms with Crippen molar-refractivity contribution >= 4 is 12.0 Å². The number of carboxylic acids is 1. The van der Waals surface area contributed by atoms with E-state index in [-0.39, 0.29) is 18.6 Å². The fourth-order valence-corrected chi connectivity index (χ4v) is 2.56. The number of ether oxygens (including phenoxy) is 1. The maximum absolute atomic E-state index is 11.7. The highest BCUT2D eigenvalue weighted by atomic mass is 16.5. The lowest BCUT2D eigenvalue weighted by Crippen LogP contribution is -2.49. The van der Waals surface area contributed by atoms with E-state index in [9.17, 15) is 9.59 Å². The van der Waals surface area contributed by atoms with Gasteiger partial charge in [0.05, 0.1) is 6.54 Å². The minimum Gasteiger partial charge on any atom is -0.479 e. The molecule has 0 aromatic heterocycles. The van der Waals surface area contributed by atoms with Gasteiger partial charge in [-0.15, -0.1) is 0 Å². The largest absolute Gasteiger partial charge is 0.479 e. The first kappa shape index (κ1) is 15.8. The second-order valence-corrected chi connectivity index (χ2v) is 4.98. The summed E-state index contributed by atoms with van der Waals surface area (Å²) in [4.78, 5) is 22.5. The average molecular weight is 272 g/mol. The van der Waals surface area contributed by atoms with Crippen LogP contribution < -0.4 is 10.6 Å². The van der Waals surface area contributed by atoms with Crippen LogP contribution >= 0.6 is 0 Å². The van der Waals surface area contributed by atoms with Crippen LogP contribution in [0.3, 0.4) is 0 Å². The number of methoxy groups -OCH3 is 1. The number of nitrogens with one attached hydrogen (secondary N) is 2. The van der Waals surface area contributed by atoms with Gasteiger partial charge in [0.25, 0.3) is 0 Å². The molecule has 3 unspecified atom stereocenters. The van der Waals surface area contributed by atoms with Crippen LogP contribution in [0, 0.1) is 5.92 Å². The summed E-state index contributed by atoms with van der Waals surface area (Å²) in [6, 6.07) is -0.113. The van der Waals surface area contributed by atoms with Gasteiger partial charge in [-0.3, -0.25) is 0 Å². The number of aliphatic carboxylic acids is 1. The molecule has 1 fully saturated rings. The Morgan fingerprint density at radius 1 is 1.37 bits per heavy atom. The summed E-state index contributed by atoms with van der Waals surface area (Å²) in [5.74, 6) is -0.552. The Morgan fingerprint density at radius 2 is 2.05 bits per heavy atom. The second-order valence-electron chi connectivity index (χ2n) is 4.98. The number of amides is 2. The third-order valence-corrected chi connectivity index (χ3v) is 3.76. The molecule has 0 heterocycles. The zero-order valence-corrected chi connectivity index (χ0v) is 11.6. The van der Waals surface area contributed by atoms with Crippen LogP contribution in [0.2, 0.25) is 0 Å². The topological polar surface area (TPSA) is 87.7 Å². The van der Waals surface area contributed by atoms with Gasteiger partial charge in [0, 0.05) is 13.2 Å². The predicted molar refractivity (Wildman–Crippen MR) is 71.0 cm³/mol. The summed E-state index contributed by atoms with van der Waals surface area (Å²) in [7, 11) is 1.31. The van der Waals surface area contributed by atoms with Gasteiger partial charge in [-0.05, 0) is 18.8 Å². The molecule has 6 heteroatoms. The van der Waals surface area contributed by atoms with Crippen LogP contribution in [-0.2, 0) is 9.53 Å². The number of urea groups is 1. The molecule has 0 aromatic rings. The van der Waals surface area contributed by atoms with Crippen LogP contribution in [0.4, 0.5) is 4.79 Å². The van der Waals surface area contributed by atoms with Crippen LogP contribution in [0.15, 0.2) is 0 Å². The monoisotopic (exact) mass is 272 g/mol. The number of rotatable bonds is 6. The summed E-state index contributed by atoms with van der Waals surface area (Å²) in [6.07, 6.45) is 4.57. The highest BCUT2D eigenvalue weighted by Crippen LogP contribution is 2.26. The Morgan fingerprint density at radius 3 is 2.63 bits per heavy atom. The molecule has 6 nitrogen and oxygen atoms in total. The molecule has 1 aliphatic rings. The van der Waals surface area contributed by atoms with Crippen LogP contribution in [0.5, 0.6) is 0 Å². The second kappa shape index (κ2) is 7.99.